The van der Waals surface area contributed by atoms with Crippen LogP contribution < -0.4 is 0 Å². The molecule has 0 aliphatic rings. The van der Waals surface area contributed by atoms with Crippen LogP contribution in [0.4, 0.5) is 0 Å². The highest BCUT2D eigenvalue weighted by molar-refractivity contribution is 8.23. The molecular formula is C12H15NO2S2. The summed E-state index contributed by atoms with van der Waals surface area (Å²) < 4.78 is 5.25. The van der Waals surface area contributed by atoms with E-state index in [1.54, 1.807) is 0 Å². The number of hydrogen-bond donors (Lipinski definition) is 0. The van der Waals surface area contributed by atoms with Gasteiger partial charge < -0.3 is 9.64 Å². The number of rotatable bonds is 4. The summed E-state index contributed by atoms with van der Waals surface area (Å²) in [6, 6.07) is 10.1. The topological polar surface area (TPSA) is 29.5 Å². The van der Waals surface area contributed by atoms with Gasteiger partial charge in [0.1, 0.15) is 4.32 Å². The van der Waals surface area contributed by atoms with Gasteiger partial charge in [0.2, 0.25) is 0 Å². The second-order valence-electron chi connectivity index (χ2n) is 3.47. The largest absolute Gasteiger partial charge is 0.468 e. The van der Waals surface area contributed by atoms with Gasteiger partial charge in [-0.3, -0.25) is 4.79 Å². The van der Waals surface area contributed by atoms with Crippen LogP contribution in [0.1, 0.15) is 5.56 Å². The molecule has 1 aromatic carbocycles. The number of carbonyl (C=O) groups is 1. The summed E-state index contributed by atoms with van der Waals surface area (Å²) in [7, 11) is 3.29. The molecule has 0 heterocycles. The Morgan fingerprint density at radius 3 is 2.65 bits per heavy atom. The van der Waals surface area contributed by atoms with Crippen molar-refractivity contribution in [3.05, 3.63) is 35.9 Å². The third-order valence-electron chi connectivity index (χ3n) is 2.12. The number of carbonyl (C=O) groups excluding carboxylic acids is 1. The molecule has 0 bridgehead atoms. The van der Waals surface area contributed by atoms with Crippen molar-refractivity contribution in [2.75, 3.05) is 19.9 Å². The van der Waals surface area contributed by atoms with Gasteiger partial charge in [-0.25, -0.2) is 0 Å². The normalized spacial score (nSPS) is 9.76. The maximum Gasteiger partial charge on any atom is 0.316 e. The fraction of sp³-hybridized carbons (Fsp3) is 0.333. The van der Waals surface area contributed by atoms with Crippen LogP contribution in [0.15, 0.2) is 30.3 Å². The van der Waals surface area contributed by atoms with Gasteiger partial charge in [-0.05, 0) is 5.56 Å². The third-order valence-corrected chi connectivity index (χ3v) is 3.72. The number of ether oxygens (including phenoxy) is 1. The summed E-state index contributed by atoms with van der Waals surface area (Å²) in [5.74, 6) is -0.000436. The fourth-order valence-electron chi connectivity index (χ4n) is 1.21. The Morgan fingerprint density at radius 2 is 2.06 bits per heavy atom. The minimum atomic E-state index is -0.259. The van der Waals surface area contributed by atoms with E-state index in [1.807, 2.05) is 42.3 Å². The predicted octanol–water partition coefficient (Wildman–Crippen LogP) is 2.31. The maximum atomic E-state index is 11.0. The van der Waals surface area contributed by atoms with Crippen molar-refractivity contribution in [3.63, 3.8) is 0 Å². The molecule has 0 spiro atoms. The van der Waals surface area contributed by atoms with Crippen LogP contribution in [-0.2, 0) is 16.1 Å². The van der Waals surface area contributed by atoms with E-state index >= 15 is 0 Å². The molecule has 0 aliphatic carbocycles. The highest BCUT2D eigenvalue weighted by Gasteiger charge is 2.08. The smallest absolute Gasteiger partial charge is 0.316 e. The minimum absolute atomic E-state index is 0.258. The molecular weight excluding hydrogens is 254 g/mol. The monoisotopic (exact) mass is 269 g/mol. The number of hydrogen-bond acceptors (Lipinski definition) is 4. The van der Waals surface area contributed by atoms with E-state index in [0.717, 1.165) is 6.54 Å². The SMILES string of the molecule is COC(=O)CSC(=S)N(C)Cc1ccccc1. The standard InChI is InChI=1S/C12H15NO2S2/c1-13(8-10-6-4-3-5-7-10)12(16)17-9-11(14)15-2/h3-7H,8-9H2,1-2H3. The highest BCUT2D eigenvalue weighted by atomic mass is 32.2. The summed E-state index contributed by atoms with van der Waals surface area (Å²) in [5, 5.41) is 0. The number of thioether (sulfide) groups is 1. The summed E-state index contributed by atoms with van der Waals surface area (Å²) in [6.07, 6.45) is 0. The molecule has 0 atom stereocenters. The average molecular weight is 269 g/mol. The first kappa shape index (κ1) is 14.0. The van der Waals surface area contributed by atoms with Crippen LogP contribution in [0.25, 0.3) is 0 Å². The quantitative estimate of drug-likeness (QED) is 0.618. The number of nitrogens with zero attached hydrogens (tertiary/aromatic N) is 1. The lowest BCUT2D eigenvalue weighted by Crippen LogP contribution is -2.23. The molecule has 1 rings (SSSR count). The van der Waals surface area contributed by atoms with Gasteiger partial charge in [-0.15, -0.1) is 0 Å². The first-order valence-corrected chi connectivity index (χ1v) is 6.51. The predicted molar refractivity (Wildman–Crippen MR) is 75.0 cm³/mol. The lowest BCUT2D eigenvalue weighted by molar-refractivity contribution is -0.137. The van der Waals surface area contributed by atoms with Crippen molar-refractivity contribution in [1.82, 2.24) is 4.90 Å². The van der Waals surface area contributed by atoms with Gasteiger partial charge in [-0.1, -0.05) is 54.3 Å². The Bertz CT molecular complexity index is 381. The molecule has 1 aromatic rings. The number of esters is 1. The molecule has 3 nitrogen and oxygen atoms in total. The van der Waals surface area contributed by atoms with Crippen molar-refractivity contribution in [1.29, 1.82) is 0 Å². The van der Waals surface area contributed by atoms with E-state index in [1.165, 1.54) is 24.4 Å². The van der Waals surface area contributed by atoms with Crippen LogP contribution in [0.5, 0.6) is 0 Å². The first-order valence-electron chi connectivity index (χ1n) is 5.12. The van der Waals surface area contributed by atoms with Crippen LogP contribution in [0, 0.1) is 0 Å². The Kier molecular flexibility index (Phi) is 6.00. The summed E-state index contributed by atoms with van der Waals surface area (Å²) in [5.41, 5.74) is 1.19. The van der Waals surface area contributed by atoms with Crippen molar-refractivity contribution >= 4 is 34.3 Å². The summed E-state index contributed by atoms with van der Waals surface area (Å²) in [4.78, 5) is 12.9. The van der Waals surface area contributed by atoms with Crippen molar-refractivity contribution in [2.45, 2.75) is 6.54 Å². The Morgan fingerprint density at radius 1 is 1.41 bits per heavy atom. The summed E-state index contributed by atoms with van der Waals surface area (Å²) >= 11 is 6.54. The molecule has 0 saturated carbocycles. The molecule has 0 saturated heterocycles. The molecule has 0 aromatic heterocycles. The van der Waals surface area contributed by atoms with E-state index in [-0.39, 0.29) is 11.7 Å². The molecule has 17 heavy (non-hydrogen) atoms. The van der Waals surface area contributed by atoms with E-state index in [9.17, 15) is 4.79 Å². The van der Waals surface area contributed by atoms with Crippen molar-refractivity contribution in [2.24, 2.45) is 0 Å². The van der Waals surface area contributed by atoms with E-state index in [2.05, 4.69) is 4.74 Å². The van der Waals surface area contributed by atoms with E-state index in [0.29, 0.717) is 4.32 Å². The van der Waals surface area contributed by atoms with Crippen molar-refractivity contribution in [3.8, 4) is 0 Å². The van der Waals surface area contributed by atoms with Crippen LogP contribution in [-0.4, -0.2) is 35.1 Å². The maximum absolute atomic E-state index is 11.0. The fourth-order valence-corrected chi connectivity index (χ4v) is 2.10. The number of methoxy groups -OCH3 is 1. The Labute approximate surface area is 111 Å². The zero-order chi connectivity index (χ0) is 12.7. The van der Waals surface area contributed by atoms with Crippen molar-refractivity contribution < 1.29 is 9.53 Å². The van der Waals surface area contributed by atoms with Crippen LogP contribution >= 0.6 is 24.0 Å². The summed E-state index contributed by atoms with van der Waals surface area (Å²) in [6.45, 7) is 0.744. The highest BCUT2D eigenvalue weighted by Crippen LogP contribution is 2.11. The van der Waals surface area contributed by atoms with Gasteiger partial charge in [0.05, 0.1) is 12.9 Å². The van der Waals surface area contributed by atoms with E-state index in [4.69, 9.17) is 12.2 Å². The number of benzene rings is 1. The van der Waals surface area contributed by atoms with Crippen LogP contribution in [0.3, 0.4) is 0 Å². The molecule has 0 N–H and O–H groups in total. The van der Waals surface area contributed by atoms with E-state index < -0.39 is 0 Å². The van der Waals surface area contributed by atoms with Crippen LogP contribution in [0.2, 0.25) is 0 Å². The molecule has 0 radical (unpaired) electrons. The average Bonchev–Trinajstić information content (AvgIpc) is 2.36. The molecule has 0 unspecified atom stereocenters. The second kappa shape index (κ2) is 7.29. The molecule has 0 aliphatic heterocycles. The third kappa shape index (κ3) is 5.19. The Balaban J connectivity index is 2.40. The lowest BCUT2D eigenvalue weighted by atomic mass is 10.2. The lowest BCUT2D eigenvalue weighted by Gasteiger charge is -2.19. The molecule has 5 heteroatoms. The molecule has 92 valence electrons. The second-order valence-corrected chi connectivity index (χ2v) is 5.08. The van der Waals surface area contributed by atoms with Gasteiger partial charge in [0, 0.05) is 13.6 Å². The van der Waals surface area contributed by atoms with Gasteiger partial charge in [0.25, 0.3) is 0 Å². The molecule has 0 amide bonds. The Hall–Kier alpha value is -1.07. The zero-order valence-corrected chi connectivity index (χ0v) is 11.5. The minimum Gasteiger partial charge on any atom is -0.468 e. The number of thiocarbonyl (C=S) groups is 1. The zero-order valence-electron chi connectivity index (χ0n) is 9.88. The van der Waals surface area contributed by atoms with Gasteiger partial charge >= 0.3 is 5.97 Å². The van der Waals surface area contributed by atoms with Gasteiger partial charge in [-0.2, -0.15) is 0 Å². The van der Waals surface area contributed by atoms with Gasteiger partial charge in [0.15, 0.2) is 0 Å². The first-order chi connectivity index (χ1) is 8.13. The molecule has 0 fully saturated rings.